The van der Waals surface area contributed by atoms with Crippen LogP contribution >= 0.6 is 0 Å². The van der Waals surface area contributed by atoms with E-state index in [1.165, 1.54) is 6.07 Å². The van der Waals surface area contributed by atoms with Gasteiger partial charge in [-0.2, -0.15) is 0 Å². The zero-order valence-corrected chi connectivity index (χ0v) is 10.7. The van der Waals surface area contributed by atoms with Crippen LogP contribution in [0.4, 0.5) is 8.78 Å². The molecule has 1 heterocycles. The van der Waals surface area contributed by atoms with E-state index in [1.807, 2.05) is 6.07 Å². The highest BCUT2D eigenvalue weighted by molar-refractivity contribution is 5.24. The molecule has 18 heavy (non-hydrogen) atoms. The predicted molar refractivity (Wildman–Crippen MR) is 68.4 cm³/mol. The van der Waals surface area contributed by atoms with Crippen molar-refractivity contribution in [1.82, 2.24) is 4.90 Å². The first-order valence-corrected chi connectivity index (χ1v) is 6.41. The molecular weight excluding hydrogens is 234 g/mol. The van der Waals surface area contributed by atoms with Gasteiger partial charge in [-0.1, -0.05) is 25.1 Å². The summed E-state index contributed by atoms with van der Waals surface area (Å²) < 4.78 is 25.2. The third-order valence-corrected chi connectivity index (χ3v) is 3.66. The monoisotopic (exact) mass is 254 g/mol. The molecule has 0 radical (unpaired) electrons. The van der Waals surface area contributed by atoms with E-state index in [-0.39, 0.29) is 11.6 Å². The lowest BCUT2D eigenvalue weighted by Crippen LogP contribution is -2.45. The number of benzene rings is 1. The Balaban J connectivity index is 1.99. The van der Waals surface area contributed by atoms with Crippen LogP contribution in [0.15, 0.2) is 24.3 Å². The summed E-state index contributed by atoms with van der Waals surface area (Å²) in [4.78, 5) is 2.29. The molecule has 1 fully saturated rings. The highest BCUT2D eigenvalue weighted by Gasteiger charge is 2.23. The maximum absolute atomic E-state index is 12.6. The standard InChI is InChI=1S/C14H20F2N2/c1-10-8-18(6-5-13(10)17)9-11-3-2-4-12(7-11)14(15)16/h2-4,7,10,13-14H,5-6,8-9,17H2,1H3. The molecular formula is C14H20F2N2. The molecule has 1 aliphatic heterocycles. The number of rotatable bonds is 3. The summed E-state index contributed by atoms with van der Waals surface area (Å²) in [6.45, 7) is 4.77. The third-order valence-electron chi connectivity index (χ3n) is 3.66. The average Bonchev–Trinajstić information content (AvgIpc) is 2.34. The van der Waals surface area contributed by atoms with Crippen molar-refractivity contribution in [3.63, 3.8) is 0 Å². The largest absolute Gasteiger partial charge is 0.327 e. The fraction of sp³-hybridized carbons (Fsp3) is 0.571. The molecule has 0 aliphatic carbocycles. The van der Waals surface area contributed by atoms with Crippen LogP contribution in [0.5, 0.6) is 0 Å². The molecule has 1 aliphatic rings. The normalized spacial score (nSPS) is 25.6. The number of nitrogens with zero attached hydrogens (tertiary/aromatic N) is 1. The molecule has 100 valence electrons. The second kappa shape index (κ2) is 5.76. The summed E-state index contributed by atoms with van der Waals surface area (Å²) in [6, 6.07) is 6.96. The highest BCUT2D eigenvalue weighted by Crippen LogP contribution is 2.22. The Bertz CT molecular complexity index is 395. The van der Waals surface area contributed by atoms with Gasteiger partial charge in [-0.3, -0.25) is 4.90 Å². The number of piperidine rings is 1. The lowest BCUT2D eigenvalue weighted by Gasteiger charge is -2.35. The molecule has 1 aromatic rings. The molecule has 1 saturated heterocycles. The van der Waals surface area contributed by atoms with Gasteiger partial charge in [0, 0.05) is 24.7 Å². The fourth-order valence-corrected chi connectivity index (χ4v) is 2.48. The lowest BCUT2D eigenvalue weighted by molar-refractivity contribution is 0.149. The Labute approximate surface area is 107 Å². The predicted octanol–water partition coefficient (Wildman–Crippen LogP) is 2.79. The third kappa shape index (κ3) is 3.27. The van der Waals surface area contributed by atoms with Crippen molar-refractivity contribution in [3.05, 3.63) is 35.4 Å². The Kier molecular flexibility index (Phi) is 4.30. The number of halogens is 2. The first-order chi connectivity index (χ1) is 8.56. The molecule has 4 heteroatoms. The highest BCUT2D eigenvalue weighted by atomic mass is 19.3. The van der Waals surface area contributed by atoms with E-state index in [2.05, 4.69) is 11.8 Å². The van der Waals surface area contributed by atoms with Crippen molar-refractivity contribution in [2.75, 3.05) is 13.1 Å². The van der Waals surface area contributed by atoms with Gasteiger partial charge in [-0.05, 0) is 30.5 Å². The van der Waals surface area contributed by atoms with Gasteiger partial charge in [0.05, 0.1) is 0 Å². The molecule has 2 unspecified atom stereocenters. The van der Waals surface area contributed by atoms with Crippen LogP contribution in [0, 0.1) is 5.92 Å². The maximum Gasteiger partial charge on any atom is 0.263 e. The molecule has 2 N–H and O–H groups in total. The molecule has 0 saturated carbocycles. The van der Waals surface area contributed by atoms with Crippen LogP contribution < -0.4 is 5.73 Å². The van der Waals surface area contributed by atoms with Crippen molar-refractivity contribution in [2.24, 2.45) is 11.7 Å². The van der Waals surface area contributed by atoms with Crippen molar-refractivity contribution in [3.8, 4) is 0 Å². The van der Waals surface area contributed by atoms with Gasteiger partial charge in [0.25, 0.3) is 6.43 Å². The van der Waals surface area contributed by atoms with Crippen molar-refractivity contribution in [1.29, 1.82) is 0 Å². The van der Waals surface area contributed by atoms with E-state index in [1.54, 1.807) is 12.1 Å². The molecule has 0 amide bonds. The Hall–Kier alpha value is -1.00. The van der Waals surface area contributed by atoms with E-state index in [0.717, 1.165) is 31.6 Å². The molecule has 1 aromatic carbocycles. The van der Waals surface area contributed by atoms with E-state index in [9.17, 15) is 8.78 Å². The summed E-state index contributed by atoms with van der Waals surface area (Å²) in [6.07, 6.45) is -1.41. The van der Waals surface area contributed by atoms with Crippen molar-refractivity contribution >= 4 is 0 Å². The number of nitrogens with two attached hydrogens (primary N) is 1. The first kappa shape index (κ1) is 13.4. The van der Waals surface area contributed by atoms with E-state index < -0.39 is 6.43 Å². The van der Waals surface area contributed by atoms with Crippen molar-refractivity contribution < 1.29 is 8.78 Å². The van der Waals surface area contributed by atoms with Gasteiger partial charge in [0.2, 0.25) is 0 Å². The van der Waals surface area contributed by atoms with E-state index >= 15 is 0 Å². The summed E-state index contributed by atoms with van der Waals surface area (Å²) in [5.41, 5.74) is 7.03. The second-order valence-corrected chi connectivity index (χ2v) is 5.21. The molecule has 2 atom stereocenters. The van der Waals surface area contributed by atoms with Crippen molar-refractivity contribution in [2.45, 2.75) is 32.4 Å². The quantitative estimate of drug-likeness (QED) is 0.898. The van der Waals surface area contributed by atoms with E-state index in [4.69, 9.17) is 5.73 Å². The number of likely N-dealkylation sites (tertiary alicyclic amines) is 1. The van der Waals surface area contributed by atoms with Gasteiger partial charge in [-0.15, -0.1) is 0 Å². The van der Waals surface area contributed by atoms with E-state index in [0.29, 0.717) is 5.92 Å². The second-order valence-electron chi connectivity index (χ2n) is 5.21. The van der Waals surface area contributed by atoms with Crippen LogP contribution in [-0.2, 0) is 6.54 Å². The smallest absolute Gasteiger partial charge is 0.263 e. The fourth-order valence-electron chi connectivity index (χ4n) is 2.48. The van der Waals surface area contributed by atoms with Crippen LogP contribution in [0.2, 0.25) is 0 Å². The first-order valence-electron chi connectivity index (χ1n) is 6.41. The minimum Gasteiger partial charge on any atom is -0.327 e. The van der Waals surface area contributed by atoms with Crippen LogP contribution in [-0.4, -0.2) is 24.0 Å². The molecule has 0 aromatic heterocycles. The number of hydrogen-bond acceptors (Lipinski definition) is 2. The minimum absolute atomic E-state index is 0.106. The SMILES string of the molecule is CC1CN(Cc2cccc(C(F)F)c2)CCC1N. The van der Waals surface area contributed by atoms with Crippen LogP contribution in [0.1, 0.15) is 30.9 Å². The Morgan fingerprint density at radius 3 is 2.89 bits per heavy atom. The zero-order valence-electron chi connectivity index (χ0n) is 10.7. The molecule has 2 nitrogen and oxygen atoms in total. The number of hydrogen-bond donors (Lipinski definition) is 1. The summed E-state index contributed by atoms with van der Waals surface area (Å²) in [7, 11) is 0. The van der Waals surface area contributed by atoms with Gasteiger partial charge < -0.3 is 5.73 Å². The van der Waals surface area contributed by atoms with Crippen LogP contribution in [0.25, 0.3) is 0 Å². The van der Waals surface area contributed by atoms with Gasteiger partial charge in [0.15, 0.2) is 0 Å². The Morgan fingerprint density at radius 2 is 2.22 bits per heavy atom. The summed E-state index contributed by atoms with van der Waals surface area (Å²) in [5.74, 6) is 0.469. The molecule has 0 spiro atoms. The maximum atomic E-state index is 12.6. The van der Waals surface area contributed by atoms with Gasteiger partial charge >= 0.3 is 0 Å². The average molecular weight is 254 g/mol. The van der Waals surface area contributed by atoms with Gasteiger partial charge in [-0.25, -0.2) is 8.78 Å². The van der Waals surface area contributed by atoms with Crippen LogP contribution in [0.3, 0.4) is 0 Å². The topological polar surface area (TPSA) is 29.3 Å². The lowest BCUT2D eigenvalue weighted by atomic mass is 9.94. The summed E-state index contributed by atoms with van der Waals surface area (Å²) >= 11 is 0. The Morgan fingerprint density at radius 1 is 1.44 bits per heavy atom. The molecule has 2 rings (SSSR count). The zero-order chi connectivity index (χ0) is 13.1. The number of alkyl halides is 2. The molecule has 0 bridgehead atoms. The summed E-state index contributed by atoms with van der Waals surface area (Å²) in [5, 5.41) is 0. The van der Waals surface area contributed by atoms with Gasteiger partial charge in [0.1, 0.15) is 0 Å². The minimum atomic E-state index is -2.39.